The second-order valence-electron chi connectivity index (χ2n) is 4.13. The molecule has 0 unspecified atom stereocenters. The van der Waals surface area contributed by atoms with E-state index >= 15 is 0 Å². The molecule has 2 aromatic rings. The van der Waals surface area contributed by atoms with Gasteiger partial charge in [-0.1, -0.05) is 28.1 Å². The maximum atomic E-state index is 12.0. The van der Waals surface area contributed by atoms with Gasteiger partial charge in [0, 0.05) is 15.6 Å². The van der Waals surface area contributed by atoms with E-state index in [4.69, 9.17) is 4.74 Å². The number of carbonyl (C=O) groups is 1. The minimum Gasteiger partial charge on any atom is -0.508 e. The molecule has 1 N–H and O–H groups in total. The Labute approximate surface area is 125 Å². The van der Waals surface area contributed by atoms with Gasteiger partial charge in [-0.25, -0.2) is 0 Å². The van der Waals surface area contributed by atoms with Crippen LogP contribution in [0.15, 0.2) is 53.0 Å². The van der Waals surface area contributed by atoms with Crippen molar-refractivity contribution in [2.24, 2.45) is 0 Å². The van der Waals surface area contributed by atoms with Gasteiger partial charge in [0.05, 0.1) is 7.11 Å². The second kappa shape index (κ2) is 6.39. The number of ketones is 1. The Balaban J connectivity index is 2.25. The van der Waals surface area contributed by atoms with E-state index in [1.54, 1.807) is 25.3 Å². The molecule has 0 atom stereocenters. The molecule has 0 bridgehead atoms. The number of phenolic OH excluding ortho intramolecular Hbond substituents is 1. The fourth-order valence-electron chi connectivity index (χ4n) is 1.76. The summed E-state index contributed by atoms with van der Waals surface area (Å²) in [6, 6.07) is 11.8. The number of hydrogen-bond donors (Lipinski definition) is 1. The number of rotatable bonds is 4. The summed E-state index contributed by atoms with van der Waals surface area (Å²) in [5, 5.41) is 9.36. The number of carbonyl (C=O) groups excluding carboxylic acids is 1. The number of aromatic hydroxyl groups is 1. The van der Waals surface area contributed by atoms with Crippen molar-refractivity contribution in [3.8, 4) is 11.5 Å². The van der Waals surface area contributed by atoms with Crippen molar-refractivity contribution in [1.29, 1.82) is 0 Å². The molecular weight excluding hydrogens is 320 g/mol. The molecule has 0 amide bonds. The number of benzene rings is 2. The third kappa shape index (κ3) is 3.48. The number of ether oxygens (including phenoxy) is 1. The molecular formula is C16H13BrO3. The average Bonchev–Trinajstić information content (AvgIpc) is 2.45. The van der Waals surface area contributed by atoms with E-state index in [9.17, 15) is 9.90 Å². The van der Waals surface area contributed by atoms with Crippen LogP contribution in [0.25, 0.3) is 6.08 Å². The van der Waals surface area contributed by atoms with Crippen molar-refractivity contribution in [2.75, 3.05) is 7.11 Å². The SMILES string of the molecule is COc1ccc(Br)cc1/C=C/C(=O)c1cccc(O)c1. The topological polar surface area (TPSA) is 46.5 Å². The number of phenols is 1. The summed E-state index contributed by atoms with van der Waals surface area (Å²) < 4.78 is 6.14. The van der Waals surface area contributed by atoms with E-state index in [1.807, 2.05) is 18.2 Å². The van der Waals surface area contributed by atoms with Crippen molar-refractivity contribution < 1.29 is 14.6 Å². The summed E-state index contributed by atoms with van der Waals surface area (Å²) in [7, 11) is 1.58. The molecule has 0 heterocycles. The fraction of sp³-hybridized carbons (Fsp3) is 0.0625. The van der Waals surface area contributed by atoms with Crippen LogP contribution >= 0.6 is 15.9 Å². The monoisotopic (exact) mass is 332 g/mol. The van der Waals surface area contributed by atoms with Crippen molar-refractivity contribution in [3.05, 3.63) is 64.1 Å². The Kier molecular flexibility index (Phi) is 4.58. The standard InChI is InChI=1S/C16H13BrO3/c1-20-16-8-6-13(17)9-12(16)5-7-15(19)11-3-2-4-14(18)10-11/h2-10,18H,1H3/b7-5+. The molecule has 0 aromatic heterocycles. The smallest absolute Gasteiger partial charge is 0.185 e. The lowest BCUT2D eigenvalue weighted by molar-refractivity contribution is 0.104. The molecule has 3 nitrogen and oxygen atoms in total. The van der Waals surface area contributed by atoms with Gasteiger partial charge in [0.25, 0.3) is 0 Å². The van der Waals surface area contributed by atoms with Crippen molar-refractivity contribution in [3.63, 3.8) is 0 Å². The lowest BCUT2D eigenvalue weighted by Crippen LogP contribution is -1.94. The minimum atomic E-state index is -0.178. The zero-order valence-electron chi connectivity index (χ0n) is 10.8. The van der Waals surface area contributed by atoms with Crippen LogP contribution < -0.4 is 4.74 Å². The molecule has 2 rings (SSSR count). The molecule has 20 heavy (non-hydrogen) atoms. The third-order valence-electron chi connectivity index (χ3n) is 2.74. The van der Waals surface area contributed by atoms with Crippen LogP contribution in [0.2, 0.25) is 0 Å². The average molecular weight is 333 g/mol. The maximum Gasteiger partial charge on any atom is 0.185 e. The Morgan fingerprint density at radius 2 is 2.05 bits per heavy atom. The maximum absolute atomic E-state index is 12.0. The third-order valence-corrected chi connectivity index (χ3v) is 3.23. The molecule has 0 radical (unpaired) electrons. The highest BCUT2D eigenvalue weighted by atomic mass is 79.9. The zero-order chi connectivity index (χ0) is 14.5. The predicted octanol–water partition coefficient (Wildman–Crippen LogP) is 4.06. The van der Waals surface area contributed by atoms with Crippen LogP contribution in [0.1, 0.15) is 15.9 Å². The van der Waals surface area contributed by atoms with E-state index < -0.39 is 0 Å². The lowest BCUT2D eigenvalue weighted by atomic mass is 10.1. The van der Waals surface area contributed by atoms with Gasteiger partial charge in [-0.2, -0.15) is 0 Å². The van der Waals surface area contributed by atoms with Gasteiger partial charge in [-0.15, -0.1) is 0 Å². The van der Waals surface area contributed by atoms with Crippen LogP contribution in [0.5, 0.6) is 11.5 Å². The first-order valence-corrected chi connectivity index (χ1v) is 6.74. The zero-order valence-corrected chi connectivity index (χ0v) is 12.4. The first kappa shape index (κ1) is 14.3. The first-order chi connectivity index (χ1) is 9.60. The summed E-state index contributed by atoms with van der Waals surface area (Å²) >= 11 is 3.38. The van der Waals surface area contributed by atoms with E-state index in [-0.39, 0.29) is 11.5 Å². The Morgan fingerprint density at radius 3 is 2.75 bits per heavy atom. The van der Waals surface area contributed by atoms with E-state index in [1.165, 1.54) is 18.2 Å². The Hall–Kier alpha value is -2.07. The van der Waals surface area contributed by atoms with Crippen LogP contribution in [0, 0.1) is 0 Å². The van der Waals surface area contributed by atoms with Gasteiger partial charge in [0.1, 0.15) is 11.5 Å². The number of hydrogen-bond acceptors (Lipinski definition) is 3. The Morgan fingerprint density at radius 1 is 1.25 bits per heavy atom. The summed E-state index contributed by atoms with van der Waals surface area (Å²) in [6.07, 6.45) is 3.15. The molecule has 0 aliphatic carbocycles. The van der Waals surface area contributed by atoms with Crippen LogP contribution in [0.4, 0.5) is 0 Å². The molecule has 0 saturated carbocycles. The second-order valence-corrected chi connectivity index (χ2v) is 5.05. The van der Waals surface area contributed by atoms with E-state index in [2.05, 4.69) is 15.9 Å². The largest absolute Gasteiger partial charge is 0.508 e. The number of halogens is 1. The van der Waals surface area contributed by atoms with Gasteiger partial charge < -0.3 is 9.84 Å². The van der Waals surface area contributed by atoms with Crippen molar-refractivity contribution >= 4 is 27.8 Å². The number of methoxy groups -OCH3 is 1. The van der Waals surface area contributed by atoms with Crippen LogP contribution in [-0.2, 0) is 0 Å². The normalized spacial score (nSPS) is 10.7. The number of allylic oxidation sites excluding steroid dienone is 1. The highest BCUT2D eigenvalue weighted by molar-refractivity contribution is 9.10. The molecule has 0 aliphatic heterocycles. The van der Waals surface area contributed by atoms with Gasteiger partial charge in [-0.05, 0) is 42.5 Å². The first-order valence-electron chi connectivity index (χ1n) is 5.95. The minimum absolute atomic E-state index is 0.0734. The lowest BCUT2D eigenvalue weighted by Gasteiger charge is -2.04. The summed E-state index contributed by atoms with van der Waals surface area (Å²) in [6.45, 7) is 0. The molecule has 0 spiro atoms. The highest BCUT2D eigenvalue weighted by Gasteiger charge is 2.04. The van der Waals surface area contributed by atoms with Crippen molar-refractivity contribution in [2.45, 2.75) is 0 Å². The van der Waals surface area contributed by atoms with Crippen molar-refractivity contribution in [1.82, 2.24) is 0 Å². The van der Waals surface area contributed by atoms with Gasteiger partial charge in [0.2, 0.25) is 0 Å². The van der Waals surface area contributed by atoms with Gasteiger partial charge >= 0.3 is 0 Å². The molecule has 0 saturated heterocycles. The van der Waals surface area contributed by atoms with E-state index in [0.29, 0.717) is 11.3 Å². The molecule has 0 aliphatic rings. The van der Waals surface area contributed by atoms with Crippen LogP contribution in [-0.4, -0.2) is 18.0 Å². The molecule has 4 heteroatoms. The quantitative estimate of drug-likeness (QED) is 0.678. The van der Waals surface area contributed by atoms with E-state index in [0.717, 1.165) is 10.0 Å². The summed E-state index contributed by atoms with van der Waals surface area (Å²) in [5.41, 5.74) is 1.24. The van der Waals surface area contributed by atoms with Gasteiger partial charge in [-0.3, -0.25) is 4.79 Å². The fourth-order valence-corrected chi connectivity index (χ4v) is 2.14. The predicted molar refractivity (Wildman–Crippen MR) is 82.2 cm³/mol. The van der Waals surface area contributed by atoms with Gasteiger partial charge in [0.15, 0.2) is 5.78 Å². The molecule has 0 fully saturated rings. The molecule has 2 aromatic carbocycles. The molecule has 102 valence electrons. The summed E-state index contributed by atoms with van der Waals surface area (Å²) in [5.74, 6) is 0.584. The Bertz CT molecular complexity index is 663. The van der Waals surface area contributed by atoms with Crippen LogP contribution in [0.3, 0.4) is 0 Å². The highest BCUT2D eigenvalue weighted by Crippen LogP contribution is 2.24. The summed E-state index contributed by atoms with van der Waals surface area (Å²) in [4.78, 5) is 12.0.